The van der Waals surface area contributed by atoms with E-state index in [0.29, 0.717) is 5.56 Å². The van der Waals surface area contributed by atoms with Gasteiger partial charge in [0.25, 0.3) is 11.7 Å². The zero-order valence-corrected chi connectivity index (χ0v) is 8.47. The van der Waals surface area contributed by atoms with Gasteiger partial charge in [0, 0.05) is 12.7 Å². The summed E-state index contributed by atoms with van der Waals surface area (Å²) < 4.78 is 4.87. The number of carboxylic acid groups (broad SMARTS) is 1. The number of carboxylic acids is 1. The molecule has 2 N–H and O–H groups in total. The Labute approximate surface area is 90.9 Å². The number of nitrogens with one attached hydrogen (secondary N) is 1. The first-order valence-corrected chi connectivity index (χ1v) is 4.56. The summed E-state index contributed by atoms with van der Waals surface area (Å²) >= 11 is 0. The molecule has 6 nitrogen and oxygen atoms in total. The smallest absolute Gasteiger partial charge is 0.377 e. The van der Waals surface area contributed by atoms with Gasteiger partial charge in [0.15, 0.2) is 0 Å². The van der Waals surface area contributed by atoms with E-state index in [1.54, 1.807) is 19.2 Å². The van der Waals surface area contributed by atoms with Crippen LogP contribution in [0.1, 0.15) is 10.6 Å². The Kier molecular flexibility index (Phi) is 2.55. The lowest BCUT2D eigenvalue weighted by Crippen LogP contribution is -1.98. The predicted molar refractivity (Wildman–Crippen MR) is 56.2 cm³/mol. The second-order valence-corrected chi connectivity index (χ2v) is 3.02. The summed E-state index contributed by atoms with van der Waals surface area (Å²) in [5.74, 6) is -1.37. The fraction of sp³-hybridized carbons (Fsp3) is 0.100. The largest absolute Gasteiger partial charge is 0.475 e. The fourth-order valence-corrected chi connectivity index (χ4v) is 1.31. The van der Waals surface area contributed by atoms with E-state index in [2.05, 4.69) is 15.5 Å². The zero-order valence-electron chi connectivity index (χ0n) is 8.47. The van der Waals surface area contributed by atoms with E-state index in [4.69, 9.17) is 9.63 Å². The summed E-state index contributed by atoms with van der Waals surface area (Å²) in [6.45, 7) is 0. The molecule has 0 amide bonds. The second-order valence-electron chi connectivity index (χ2n) is 3.02. The highest BCUT2D eigenvalue weighted by Gasteiger charge is 2.15. The van der Waals surface area contributed by atoms with Crippen molar-refractivity contribution < 1.29 is 14.4 Å². The molecular weight excluding hydrogens is 210 g/mol. The van der Waals surface area contributed by atoms with Gasteiger partial charge < -0.3 is 14.9 Å². The first-order valence-electron chi connectivity index (χ1n) is 4.56. The van der Waals surface area contributed by atoms with Crippen LogP contribution in [-0.4, -0.2) is 28.3 Å². The summed E-state index contributed by atoms with van der Waals surface area (Å²) in [6, 6.07) is 7.26. The average Bonchev–Trinajstić information content (AvgIpc) is 2.78. The number of hydrogen-bond donors (Lipinski definition) is 2. The third kappa shape index (κ3) is 1.72. The summed E-state index contributed by atoms with van der Waals surface area (Å²) in [5.41, 5.74) is 1.47. The van der Waals surface area contributed by atoms with Crippen LogP contribution in [0.5, 0.6) is 0 Å². The molecule has 6 heteroatoms. The van der Waals surface area contributed by atoms with Crippen molar-refractivity contribution in [3.63, 3.8) is 0 Å². The van der Waals surface area contributed by atoms with E-state index in [-0.39, 0.29) is 11.7 Å². The van der Waals surface area contributed by atoms with Crippen LogP contribution in [0.2, 0.25) is 0 Å². The SMILES string of the molecule is CNc1ccccc1-c1nc(C(=O)O)no1. The molecule has 16 heavy (non-hydrogen) atoms. The number of para-hydroxylation sites is 1. The molecule has 0 saturated heterocycles. The molecule has 0 aliphatic heterocycles. The standard InChI is InChI=1S/C10H9N3O3/c1-11-7-5-3-2-4-6(7)9-12-8(10(14)15)13-16-9/h2-5,11H,1H3,(H,14,15). The molecule has 1 aromatic heterocycles. The molecule has 0 spiro atoms. The zero-order chi connectivity index (χ0) is 11.5. The number of hydrogen-bond acceptors (Lipinski definition) is 5. The highest BCUT2D eigenvalue weighted by atomic mass is 16.5. The molecule has 82 valence electrons. The van der Waals surface area contributed by atoms with Crippen LogP contribution in [0.15, 0.2) is 28.8 Å². The number of anilines is 1. The van der Waals surface area contributed by atoms with Crippen LogP contribution in [0.25, 0.3) is 11.5 Å². The Morgan fingerprint density at radius 1 is 1.44 bits per heavy atom. The van der Waals surface area contributed by atoms with Crippen molar-refractivity contribution in [1.82, 2.24) is 10.1 Å². The maximum Gasteiger partial charge on any atom is 0.377 e. The minimum atomic E-state index is -1.21. The molecule has 0 bridgehead atoms. The van der Waals surface area contributed by atoms with Crippen LogP contribution < -0.4 is 5.32 Å². The van der Waals surface area contributed by atoms with Crippen molar-refractivity contribution in [1.29, 1.82) is 0 Å². The van der Waals surface area contributed by atoms with Crippen LogP contribution in [0, 0.1) is 0 Å². The highest BCUT2D eigenvalue weighted by molar-refractivity contribution is 5.84. The molecule has 0 unspecified atom stereocenters. The summed E-state index contributed by atoms with van der Waals surface area (Å²) in [6.07, 6.45) is 0. The number of nitrogens with zero attached hydrogens (tertiary/aromatic N) is 2. The molecule has 0 fully saturated rings. The maximum absolute atomic E-state index is 10.6. The minimum Gasteiger partial charge on any atom is -0.475 e. The normalized spacial score (nSPS) is 10.1. The van der Waals surface area contributed by atoms with Gasteiger partial charge >= 0.3 is 5.97 Å². The highest BCUT2D eigenvalue weighted by Crippen LogP contribution is 2.25. The average molecular weight is 219 g/mol. The van der Waals surface area contributed by atoms with Crippen molar-refractivity contribution in [2.24, 2.45) is 0 Å². The predicted octanol–water partition coefficient (Wildman–Crippen LogP) is 1.48. The number of carbonyl (C=O) groups is 1. The Bertz CT molecular complexity index is 522. The van der Waals surface area contributed by atoms with E-state index in [9.17, 15) is 4.79 Å². The van der Waals surface area contributed by atoms with Gasteiger partial charge in [-0.2, -0.15) is 4.98 Å². The second kappa shape index (κ2) is 4.01. The number of aromatic carboxylic acids is 1. The van der Waals surface area contributed by atoms with Gasteiger partial charge in [-0.05, 0) is 17.3 Å². The number of benzene rings is 1. The summed E-state index contributed by atoms with van der Waals surface area (Å²) in [5, 5.41) is 15.0. The van der Waals surface area contributed by atoms with E-state index >= 15 is 0 Å². The van der Waals surface area contributed by atoms with E-state index in [1.807, 2.05) is 12.1 Å². The minimum absolute atomic E-state index is 0.183. The first-order chi connectivity index (χ1) is 7.72. The van der Waals surface area contributed by atoms with Crippen LogP contribution in [0.3, 0.4) is 0 Å². The molecule has 1 heterocycles. The van der Waals surface area contributed by atoms with Gasteiger partial charge in [-0.25, -0.2) is 4.79 Å². The molecule has 2 aromatic rings. The van der Waals surface area contributed by atoms with Crippen molar-refractivity contribution in [2.45, 2.75) is 0 Å². The molecule has 2 rings (SSSR count). The van der Waals surface area contributed by atoms with Crippen LogP contribution in [-0.2, 0) is 0 Å². The van der Waals surface area contributed by atoms with E-state index in [0.717, 1.165) is 5.69 Å². The van der Waals surface area contributed by atoms with Gasteiger partial charge in [0.1, 0.15) is 0 Å². The topological polar surface area (TPSA) is 88.2 Å². The number of rotatable bonds is 3. The van der Waals surface area contributed by atoms with Crippen molar-refractivity contribution in [3.8, 4) is 11.5 Å². The summed E-state index contributed by atoms with van der Waals surface area (Å²) in [7, 11) is 1.76. The van der Waals surface area contributed by atoms with Gasteiger partial charge in [-0.15, -0.1) is 0 Å². The first kappa shape index (κ1) is 10.2. The Balaban J connectivity index is 2.46. The lowest BCUT2D eigenvalue weighted by Gasteiger charge is -2.03. The fourth-order valence-electron chi connectivity index (χ4n) is 1.31. The van der Waals surface area contributed by atoms with Crippen LogP contribution in [0.4, 0.5) is 5.69 Å². The Morgan fingerprint density at radius 3 is 2.81 bits per heavy atom. The van der Waals surface area contributed by atoms with Crippen LogP contribution >= 0.6 is 0 Å². The van der Waals surface area contributed by atoms with Crippen molar-refractivity contribution in [2.75, 3.05) is 12.4 Å². The van der Waals surface area contributed by atoms with E-state index < -0.39 is 5.97 Å². The molecule has 1 aromatic carbocycles. The summed E-state index contributed by atoms with van der Waals surface area (Å²) in [4.78, 5) is 14.4. The lowest BCUT2D eigenvalue weighted by atomic mass is 10.2. The molecule has 0 aliphatic rings. The monoisotopic (exact) mass is 219 g/mol. The quantitative estimate of drug-likeness (QED) is 0.812. The van der Waals surface area contributed by atoms with Crippen molar-refractivity contribution >= 4 is 11.7 Å². The molecule has 0 aliphatic carbocycles. The number of aromatic nitrogens is 2. The molecule has 0 radical (unpaired) electrons. The van der Waals surface area contributed by atoms with Gasteiger partial charge in [0.2, 0.25) is 0 Å². The third-order valence-electron chi connectivity index (χ3n) is 2.04. The van der Waals surface area contributed by atoms with Gasteiger partial charge in [0.05, 0.1) is 5.56 Å². The third-order valence-corrected chi connectivity index (χ3v) is 2.04. The molecule has 0 atom stereocenters. The van der Waals surface area contributed by atoms with Gasteiger partial charge in [-0.1, -0.05) is 12.1 Å². The maximum atomic E-state index is 10.6. The molecular formula is C10H9N3O3. The lowest BCUT2D eigenvalue weighted by molar-refractivity contribution is 0.0680. The van der Waals surface area contributed by atoms with Gasteiger partial charge in [-0.3, -0.25) is 0 Å². The Hall–Kier alpha value is -2.37. The van der Waals surface area contributed by atoms with E-state index in [1.165, 1.54) is 0 Å². The van der Waals surface area contributed by atoms with Crippen molar-refractivity contribution in [3.05, 3.63) is 30.1 Å². The Morgan fingerprint density at radius 2 is 2.19 bits per heavy atom. The molecule has 0 saturated carbocycles.